The summed E-state index contributed by atoms with van der Waals surface area (Å²) in [5, 5.41) is 8.86. The Labute approximate surface area is 175 Å². The third-order valence-corrected chi connectivity index (χ3v) is 5.53. The molecule has 0 aromatic heterocycles. The maximum absolute atomic E-state index is 13.1. The molecule has 0 spiro atoms. The van der Waals surface area contributed by atoms with Crippen LogP contribution in [0.25, 0.3) is 10.8 Å². The van der Waals surface area contributed by atoms with Gasteiger partial charge in [0.1, 0.15) is 5.82 Å². The molecule has 1 fully saturated rings. The number of benzene rings is 3. The van der Waals surface area contributed by atoms with Gasteiger partial charge in [-0.05, 0) is 47.5 Å². The molecule has 3 aromatic rings. The highest BCUT2D eigenvalue weighted by Crippen LogP contribution is 2.24. The molecule has 1 aliphatic rings. The number of amides is 2. The predicted molar refractivity (Wildman–Crippen MR) is 117 cm³/mol. The van der Waals surface area contributed by atoms with Gasteiger partial charge in [-0.25, -0.2) is 9.18 Å². The number of urea groups is 1. The SMILES string of the molecule is C[C@@H](NCC1COCCN1C(=O)Nc1ccc(F)cc1)c1cccc2ccccc12. The van der Waals surface area contributed by atoms with Gasteiger partial charge in [0.05, 0.1) is 19.3 Å². The van der Waals surface area contributed by atoms with Crippen LogP contribution < -0.4 is 10.6 Å². The predicted octanol–water partition coefficient (Wildman–Crippen LogP) is 4.56. The van der Waals surface area contributed by atoms with Gasteiger partial charge in [-0.15, -0.1) is 0 Å². The summed E-state index contributed by atoms with van der Waals surface area (Å²) in [6.45, 7) is 4.25. The Hall–Kier alpha value is -2.96. The molecule has 0 radical (unpaired) electrons. The van der Waals surface area contributed by atoms with Crippen LogP contribution in [0.5, 0.6) is 0 Å². The van der Waals surface area contributed by atoms with Gasteiger partial charge < -0.3 is 20.3 Å². The monoisotopic (exact) mass is 407 g/mol. The zero-order valence-corrected chi connectivity index (χ0v) is 17.0. The number of carbonyl (C=O) groups excluding carboxylic acids is 1. The van der Waals surface area contributed by atoms with E-state index in [0.29, 0.717) is 32.0 Å². The molecule has 3 aromatic carbocycles. The van der Waals surface area contributed by atoms with Gasteiger partial charge in [-0.2, -0.15) is 0 Å². The smallest absolute Gasteiger partial charge is 0.322 e. The van der Waals surface area contributed by atoms with E-state index in [1.54, 1.807) is 17.0 Å². The van der Waals surface area contributed by atoms with Crippen molar-refractivity contribution in [1.82, 2.24) is 10.2 Å². The normalized spacial score (nSPS) is 17.7. The average molecular weight is 407 g/mol. The fourth-order valence-corrected chi connectivity index (χ4v) is 3.87. The topological polar surface area (TPSA) is 53.6 Å². The third-order valence-electron chi connectivity index (χ3n) is 5.53. The Kier molecular flexibility index (Phi) is 6.26. The van der Waals surface area contributed by atoms with Crippen LogP contribution in [-0.2, 0) is 4.74 Å². The van der Waals surface area contributed by atoms with Gasteiger partial charge in [0, 0.05) is 24.8 Å². The van der Waals surface area contributed by atoms with Crippen LogP contribution >= 0.6 is 0 Å². The maximum atomic E-state index is 13.1. The molecule has 2 N–H and O–H groups in total. The molecule has 156 valence electrons. The third kappa shape index (κ3) is 4.61. The lowest BCUT2D eigenvalue weighted by Crippen LogP contribution is -2.54. The zero-order valence-electron chi connectivity index (χ0n) is 17.0. The van der Waals surface area contributed by atoms with Crippen molar-refractivity contribution >= 4 is 22.5 Å². The molecule has 2 amide bonds. The maximum Gasteiger partial charge on any atom is 0.322 e. The minimum atomic E-state index is -0.330. The first-order valence-corrected chi connectivity index (χ1v) is 10.2. The molecule has 0 bridgehead atoms. The summed E-state index contributed by atoms with van der Waals surface area (Å²) in [7, 11) is 0. The number of carbonyl (C=O) groups is 1. The Balaban J connectivity index is 1.41. The van der Waals surface area contributed by atoms with Gasteiger partial charge in [-0.3, -0.25) is 0 Å². The molecule has 1 aliphatic heterocycles. The van der Waals surface area contributed by atoms with Crippen LogP contribution in [0.4, 0.5) is 14.9 Å². The van der Waals surface area contributed by atoms with Crippen LogP contribution in [0.15, 0.2) is 66.7 Å². The molecule has 1 heterocycles. The largest absolute Gasteiger partial charge is 0.377 e. The molecule has 1 saturated heterocycles. The number of nitrogens with one attached hydrogen (secondary N) is 2. The summed E-state index contributed by atoms with van der Waals surface area (Å²) in [6, 6.07) is 20.3. The van der Waals surface area contributed by atoms with Crippen molar-refractivity contribution < 1.29 is 13.9 Å². The molecule has 1 unspecified atom stereocenters. The van der Waals surface area contributed by atoms with Gasteiger partial charge in [0.15, 0.2) is 0 Å². The number of fused-ring (bicyclic) bond motifs is 1. The first kappa shape index (κ1) is 20.3. The van der Waals surface area contributed by atoms with E-state index in [2.05, 4.69) is 54.0 Å². The first-order valence-electron chi connectivity index (χ1n) is 10.2. The summed E-state index contributed by atoms with van der Waals surface area (Å²) < 4.78 is 18.7. The second kappa shape index (κ2) is 9.24. The minimum absolute atomic E-state index is 0.0865. The fraction of sp³-hybridized carbons (Fsp3) is 0.292. The molecule has 30 heavy (non-hydrogen) atoms. The summed E-state index contributed by atoms with van der Waals surface area (Å²) in [4.78, 5) is 14.6. The van der Waals surface area contributed by atoms with Crippen molar-refractivity contribution in [1.29, 1.82) is 0 Å². The number of rotatable bonds is 5. The summed E-state index contributed by atoms with van der Waals surface area (Å²) in [6.07, 6.45) is 0. The number of anilines is 1. The van der Waals surface area contributed by atoms with Crippen molar-refractivity contribution in [2.75, 3.05) is 31.6 Å². The van der Waals surface area contributed by atoms with Crippen LogP contribution in [0, 0.1) is 5.82 Å². The van der Waals surface area contributed by atoms with Crippen molar-refractivity contribution in [3.63, 3.8) is 0 Å². The lowest BCUT2D eigenvalue weighted by Gasteiger charge is -2.36. The van der Waals surface area contributed by atoms with E-state index < -0.39 is 0 Å². The van der Waals surface area contributed by atoms with E-state index in [0.717, 1.165) is 0 Å². The molecular formula is C24H26FN3O2. The van der Waals surface area contributed by atoms with Crippen LogP contribution in [0.1, 0.15) is 18.5 Å². The van der Waals surface area contributed by atoms with Crippen LogP contribution in [0.3, 0.4) is 0 Å². The Bertz CT molecular complexity index is 1000. The minimum Gasteiger partial charge on any atom is -0.377 e. The van der Waals surface area contributed by atoms with Crippen LogP contribution in [-0.4, -0.2) is 43.3 Å². The highest BCUT2D eigenvalue weighted by Gasteiger charge is 2.27. The summed E-state index contributed by atoms with van der Waals surface area (Å²) in [5.74, 6) is -0.330. The first-order chi connectivity index (χ1) is 14.6. The molecule has 6 heteroatoms. The van der Waals surface area contributed by atoms with E-state index in [4.69, 9.17) is 4.74 Å². The molecule has 2 atom stereocenters. The van der Waals surface area contributed by atoms with E-state index in [9.17, 15) is 9.18 Å². The second-order valence-electron chi connectivity index (χ2n) is 7.56. The van der Waals surface area contributed by atoms with E-state index in [1.165, 1.54) is 28.5 Å². The van der Waals surface area contributed by atoms with Gasteiger partial charge >= 0.3 is 6.03 Å². The highest BCUT2D eigenvalue weighted by molar-refractivity contribution is 5.89. The van der Waals surface area contributed by atoms with Gasteiger partial charge in [0.25, 0.3) is 0 Å². The lowest BCUT2D eigenvalue weighted by molar-refractivity contribution is 0.0151. The lowest BCUT2D eigenvalue weighted by atomic mass is 9.99. The molecule has 4 rings (SSSR count). The number of morpholine rings is 1. The number of hydrogen-bond donors (Lipinski definition) is 2. The van der Waals surface area contributed by atoms with Crippen molar-refractivity contribution in [3.05, 3.63) is 78.1 Å². The highest BCUT2D eigenvalue weighted by atomic mass is 19.1. The summed E-state index contributed by atoms with van der Waals surface area (Å²) in [5.41, 5.74) is 1.80. The molecule has 5 nitrogen and oxygen atoms in total. The van der Waals surface area contributed by atoms with E-state index >= 15 is 0 Å². The van der Waals surface area contributed by atoms with Crippen molar-refractivity contribution in [3.8, 4) is 0 Å². The molecule has 0 saturated carbocycles. The zero-order chi connectivity index (χ0) is 20.9. The number of nitrogens with zero attached hydrogens (tertiary/aromatic N) is 1. The standard InChI is InChI=1S/C24H26FN3O2/c1-17(22-8-4-6-18-5-2-3-7-23(18)22)26-15-21-16-30-14-13-28(21)24(29)27-20-11-9-19(25)10-12-20/h2-12,17,21,26H,13-16H2,1H3,(H,27,29)/t17-,21?/m1/s1. The molecular weight excluding hydrogens is 381 g/mol. The Morgan fingerprint density at radius 2 is 1.90 bits per heavy atom. The van der Waals surface area contributed by atoms with Crippen LogP contribution in [0.2, 0.25) is 0 Å². The number of halogens is 1. The van der Waals surface area contributed by atoms with Gasteiger partial charge in [-0.1, -0.05) is 42.5 Å². The van der Waals surface area contributed by atoms with Crippen molar-refractivity contribution in [2.24, 2.45) is 0 Å². The summed E-state index contributed by atoms with van der Waals surface area (Å²) >= 11 is 0. The van der Waals surface area contributed by atoms with Crippen molar-refractivity contribution in [2.45, 2.75) is 19.0 Å². The quantitative estimate of drug-likeness (QED) is 0.652. The number of ether oxygens (including phenoxy) is 1. The van der Waals surface area contributed by atoms with E-state index in [1.807, 2.05) is 6.07 Å². The molecule has 0 aliphatic carbocycles. The van der Waals surface area contributed by atoms with E-state index in [-0.39, 0.29) is 23.9 Å². The fourth-order valence-electron chi connectivity index (χ4n) is 3.87. The Morgan fingerprint density at radius 1 is 1.13 bits per heavy atom. The Morgan fingerprint density at radius 3 is 2.73 bits per heavy atom. The second-order valence-corrected chi connectivity index (χ2v) is 7.56. The van der Waals surface area contributed by atoms with Gasteiger partial charge in [0.2, 0.25) is 0 Å². The average Bonchev–Trinajstić information content (AvgIpc) is 2.78. The number of hydrogen-bond acceptors (Lipinski definition) is 3.